The molecule has 1 aliphatic heterocycles. The summed E-state index contributed by atoms with van der Waals surface area (Å²) in [6.45, 7) is 12.1. The van der Waals surface area contributed by atoms with Gasteiger partial charge < -0.3 is 4.43 Å². The van der Waals surface area contributed by atoms with E-state index in [1.165, 1.54) is 5.56 Å². The number of benzene rings is 1. The number of nitrogens with zero attached hydrogens (tertiary/aromatic N) is 3. The molecular formula is C19H28BrN3O2Si. The molecular weight excluding hydrogens is 410 g/mol. The third-order valence-electron chi connectivity index (χ3n) is 5.61. The Hall–Kier alpha value is -1.18. The van der Waals surface area contributed by atoms with Gasteiger partial charge in [0.15, 0.2) is 8.32 Å². The molecule has 1 aromatic carbocycles. The Morgan fingerprint density at radius 2 is 2.00 bits per heavy atom. The normalized spacial score (nSPS) is 14.7. The van der Waals surface area contributed by atoms with Gasteiger partial charge in [-0.25, -0.2) is 14.0 Å². The van der Waals surface area contributed by atoms with Crippen LogP contribution in [0.2, 0.25) is 18.1 Å². The molecule has 5 nitrogen and oxygen atoms in total. The maximum atomic E-state index is 13.0. The van der Waals surface area contributed by atoms with E-state index in [-0.39, 0.29) is 10.7 Å². The molecule has 26 heavy (non-hydrogen) atoms. The van der Waals surface area contributed by atoms with Crippen LogP contribution in [0.25, 0.3) is 5.69 Å². The predicted octanol–water partition coefficient (Wildman–Crippen LogP) is 4.31. The van der Waals surface area contributed by atoms with Gasteiger partial charge in [0.2, 0.25) is 0 Å². The average molecular weight is 438 g/mol. The van der Waals surface area contributed by atoms with E-state index in [0.29, 0.717) is 13.2 Å². The van der Waals surface area contributed by atoms with Gasteiger partial charge in [-0.3, -0.25) is 0 Å². The zero-order valence-corrected chi connectivity index (χ0v) is 18.9. The number of hydrogen-bond donors (Lipinski definition) is 0. The minimum absolute atomic E-state index is 0.0655. The highest BCUT2D eigenvalue weighted by Crippen LogP contribution is 2.36. The molecule has 3 rings (SSSR count). The summed E-state index contributed by atoms with van der Waals surface area (Å²) >= 11 is 3.53. The first kappa shape index (κ1) is 19.6. The van der Waals surface area contributed by atoms with Gasteiger partial charge in [-0.05, 0) is 54.7 Å². The molecule has 0 saturated carbocycles. The van der Waals surface area contributed by atoms with Crippen molar-refractivity contribution >= 4 is 24.2 Å². The Morgan fingerprint density at radius 1 is 1.27 bits per heavy atom. The largest absolute Gasteiger partial charge is 0.415 e. The quantitative estimate of drug-likeness (QED) is 0.669. The summed E-state index contributed by atoms with van der Waals surface area (Å²) in [6.07, 6.45) is 2.78. The van der Waals surface area contributed by atoms with Crippen molar-refractivity contribution in [2.45, 2.75) is 64.7 Å². The van der Waals surface area contributed by atoms with Crippen LogP contribution in [0.3, 0.4) is 0 Å². The van der Waals surface area contributed by atoms with Crippen molar-refractivity contribution in [2.75, 3.05) is 6.61 Å². The molecule has 1 aromatic heterocycles. The van der Waals surface area contributed by atoms with Crippen molar-refractivity contribution in [2.24, 2.45) is 0 Å². The minimum Gasteiger partial charge on any atom is -0.415 e. The van der Waals surface area contributed by atoms with Gasteiger partial charge in [0.05, 0.1) is 18.8 Å². The highest BCUT2D eigenvalue weighted by molar-refractivity contribution is 9.10. The monoisotopic (exact) mass is 437 g/mol. The first-order chi connectivity index (χ1) is 12.1. The van der Waals surface area contributed by atoms with Crippen LogP contribution in [0.1, 0.15) is 38.6 Å². The van der Waals surface area contributed by atoms with Crippen molar-refractivity contribution < 1.29 is 4.43 Å². The second kappa shape index (κ2) is 7.09. The second-order valence-corrected chi connectivity index (χ2v) is 14.2. The van der Waals surface area contributed by atoms with Crippen molar-refractivity contribution in [3.05, 3.63) is 44.5 Å². The van der Waals surface area contributed by atoms with E-state index in [0.717, 1.165) is 35.2 Å². The van der Waals surface area contributed by atoms with Gasteiger partial charge in [0, 0.05) is 10.9 Å². The summed E-state index contributed by atoms with van der Waals surface area (Å²) < 4.78 is 10.6. The molecule has 0 N–H and O–H groups in total. The zero-order chi connectivity index (χ0) is 19.1. The lowest BCUT2D eigenvalue weighted by Gasteiger charge is -2.36. The summed E-state index contributed by atoms with van der Waals surface area (Å²) in [5, 5.41) is 4.77. The molecule has 0 unspecified atom stereocenters. The van der Waals surface area contributed by atoms with Gasteiger partial charge in [0.25, 0.3) is 0 Å². The minimum atomic E-state index is -1.81. The predicted molar refractivity (Wildman–Crippen MR) is 111 cm³/mol. The van der Waals surface area contributed by atoms with Crippen LogP contribution in [0.5, 0.6) is 0 Å². The maximum Gasteiger partial charge on any atom is 0.350 e. The Bertz CT molecular complexity index is 865. The molecule has 0 aliphatic carbocycles. The molecule has 0 fully saturated rings. The van der Waals surface area contributed by atoms with E-state index in [9.17, 15) is 4.79 Å². The molecule has 2 heterocycles. The van der Waals surface area contributed by atoms with E-state index in [1.807, 2.05) is 12.1 Å². The molecule has 0 radical (unpaired) electrons. The first-order valence-electron chi connectivity index (χ1n) is 9.22. The molecule has 0 atom stereocenters. The highest BCUT2D eigenvalue weighted by Gasteiger charge is 2.37. The van der Waals surface area contributed by atoms with Crippen molar-refractivity contribution in [1.29, 1.82) is 0 Å². The Morgan fingerprint density at radius 3 is 2.69 bits per heavy atom. The summed E-state index contributed by atoms with van der Waals surface area (Å²) in [4.78, 5) is 13.0. The van der Waals surface area contributed by atoms with Crippen LogP contribution in [0.4, 0.5) is 0 Å². The molecule has 0 saturated heterocycles. The summed E-state index contributed by atoms with van der Waals surface area (Å²) in [7, 11) is -1.81. The summed E-state index contributed by atoms with van der Waals surface area (Å²) in [5.41, 5.74) is 2.09. The summed E-state index contributed by atoms with van der Waals surface area (Å²) in [6, 6.07) is 6.10. The molecule has 0 amide bonds. The van der Waals surface area contributed by atoms with Crippen molar-refractivity contribution in [1.82, 2.24) is 14.3 Å². The molecule has 1 aliphatic rings. The molecule has 7 heteroatoms. The maximum absolute atomic E-state index is 13.0. The van der Waals surface area contributed by atoms with Crippen LogP contribution < -0.4 is 5.69 Å². The smallest absolute Gasteiger partial charge is 0.350 e. The molecule has 0 bridgehead atoms. The van der Waals surface area contributed by atoms with Gasteiger partial charge in [0.1, 0.15) is 5.82 Å². The molecule has 142 valence electrons. The Labute approximate surface area is 164 Å². The Kier molecular flexibility index (Phi) is 5.34. The highest BCUT2D eigenvalue weighted by atomic mass is 79.9. The third-order valence-corrected chi connectivity index (χ3v) is 10.6. The Balaban J connectivity index is 1.85. The number of fused-ring (bicyclic) bond motifs is 3. The second-order valence-electron chi connectivity index (χ2n) is 8.49. The number of rotatable bonds is 4. The van der Waals surface area contributed by atoms with Gasteiger partial charge in [-0.2, -0.15) is 5.10 Å². The van der Waals surface area contributed by atoms with E-state index in [2.05, 4.69) is 61.0 Å². The standard InChI is InChI=1S/C19H28BrN3O2Si/c1-19(2,3)26(4,5)25-12-11-22-18(24)23-16-10-9-15(20)13-14(16)7-6-8-17(23)21-22/h9-10,13H,6-8,11-12H2,1-5H3. The fraction of sp³-hybridized carbons (Fsp3) is 0.579. The average Bonchev–Trinajstić information content (AvgIpc) is 2.73. The lowest BCUT2D eigenvalue weighted by atomic mass is 10.1. The first-order valence-corrected chi connectivity index (χ1v) is 12.9. The lowest BCUT2D eigenvalue weighted by Crippen LogP contribution is -2.42. The lowest BCUT2D eigenvalue weighted by molar-refractivity contribution is 0.263. The number of hydrogen-bond acceptors (Lipinski definition) is 3. The van der Waals surface area contributed by atoms with E-state index in [4.69, 9.17) is 4.43 Å². The van der Waals surface area contributed by atoms with Crippen molar-refractivity contribution in [3.8, 4) is 5.69 Å². The van der Waals surface area contributed by atoms with E-state index >= 15 is 0 Å². The molecule has 0 spiro atoms. The molecule has 2 aromatic rings. The van der Waals surface area contributed by atoms with Crippen LogP contribution >= 0.6 is 15.9 Å². The van der Waals surface area contributed by atoms with Crippen LogP contribution in [0.15, 0.2) is 27.5 Å². The topological polar surface area (TPSA) is 49.0 Å². The van der Waals surface area contributed by atoms with Crippen LogP contribution in [-0.4, -0.2) is 29.3 Å². The van der Waals surface area contributed by atoms with Gasteiger partial charge >= 0.3 is 5.69 Å². The van der Waals surface area contributed by atoms with Crippen LogP contribution in [0, 0.1) is 0 Å². The SMILES string of the molecule is CC(C)(C)[Si](C)(C)OCCn1nc2n(c1=O)-c1ccc(Br)cc1CCC2. The zero-order valence-electron chi connectivity index (χ0n) is 16.3. The fourth-order valence-electron chi connectivity index (χ4n) is 3.02. The third kappa shape index (κ3) is 3.75. The van der Waals surface area contributed by atoms with Crippen LogP contribution in [-0.2, 0) is 23.8 Å². The van der Waals surface area contributed by atoms with E-state index < -0.39 is 8.32 Å². The van der Waals surface area contributed by atoms with E-state index in [1.54, 1.807) is 9.25 Å². The van der Waals surface area contributed by atoms with Gasteiger partial charge in [-0.1, -0.05) is 36.7 Å². The fourth-order valence-corrected chi connectivity index (χ4v) is 4.46. The van der Waals surface area contributed by atoms with Gasteiger partial charge in [-0.15, -0.1) is 0 Å². The van der Waals surface area contributed by atoms with Crippen molar-refractivity contribution in [3.63, 3.8) is 0 Å². The number of aromatic nitrogens is 3. The number of aryl methyl sites for hydroxylation is 2. The summed E-state index contributed by atoms with van der Waals surface area (Å²) in [5.74, 6) is 0.850. The number of halogens is 1.